The molecule has 0 aliphatic rings. The third kappa shape index (κ3) is 3.06. The van der Waals surface area contributed by atoms with Crippen molar-refractivity contribution in [2.75, 3.05) is 13.6 Å². The molecular weight excluding hydrogens is 194 g/mol. The Bertz CT molecular complexity index is 308. The molecule has 0 saturated heterocycles. The third-order valence-corrected chi connectivity index (χ3v) is 2.19. The summed E-state index contributed by atoms with van der Waals surface area (Å²) in [7, 11) is 1.68. The monoisotopic (exact) mass is 211 g/mol. The zero-order valence-electron chi connectivity index (χ0n) is 9.29. The quantitative estimate of drug-likeness (QED) is 0.778. The second kappa shape index (κ2) is 4.93. The Labute approximate surface area is 89.3 Å². The number of carbonyl (C=O) groups is 1. The van der Waals surface area contributed by atoms with Crippen LogP contribution in [0.15, 0.2) is 18.5 Å². The van der Waals surface area contributed by atoms with Crippen molar-refractivity contribution in [2.24, 2.45) is 0 Å². The predicted octanol–water partition coefficient (Wildman–Crippen LogP) is 0.283. The average molecular weight is 211 g/mol. The van der Waals surface area contributed by atoms with Crippen LogP contribution in [0, 0.1) is 0 Å². The highest BCUT2D eigenvalue weighted by Crippen LogP contribution is 2.07. The molecule has 15 heavy (non-hydrogen) atoms. The highest BCUT2D eigenvalue weighted by molar-refractivity contribution is 5.79. The highest BCUT2D eigenvalue weighted by Gasteiger charge is 2.19. The lowest BCUT2D eigenvalue weighted by molar-refractivity contribution is -0.134. The summed E-state index contributed by atoms with van der Waals surface area (Å²) >= 11 is 0. The summed E-state index contributed by atoms with van der Waals surface area (Å²) in [4.78, 5) is 13.3. The second-order valence-corrected chi connectivity index (χ2v) is 3.73. The molecule has 1 aromatic rings. The van der Waals surface area contributed by atoms with Gasteiger partial charge >= 0.3 is 0 Å². The lowest BCUT2D eigenvalue weighted by Crippen LogP contribution is -2.37. The van der Waals surface area contributed by atoms with Crippen molar-refractivity contribution in [1.82, 2.24) is 14.7 Å². The SMILES string of the molecule is CC(O)CN(C)C(=O)C(C)n1cccn1. The number of aliphatic hydroxyl groups is 1. The third-order valence-electron chi connectivity index (χ3n) is 2.19. The van der Waals surface area contributed by atoms with Crippen molar-refractivity contribution in [2.45, 2.75) is 26.0 Å². The molecule has 0 bridgehead atoms. The number of carbonyl (C=O) groups excluding carboxylic acids is 1. The summed E-state index contributed by atoms with van der Waals surface area (Å²) in [6, 6.07) is 1.45. The molecule has 1 heterocycles. The van der Waals surface area contributed by atoms with Crippen molar-refractivity contribution in [3.8, 4) is 0 Å². The summed E-state index contributed by atoms with van der Waals surface area (Å²) in [6.45, 7) is 3.78. The normalized spacial score (nSPS) is 14.7. The Morgan fingerprint density at radius 1 is 1.60 bits per heavy atom. The first-order chi connectivity index (χ1) is 7.02. The number of rotatable bonds is 4. The van der Waals surface area contributed by atoms with Gasteiger partial charge in [-0.25, -0.2) is 0 Å². The van der Waals surface area contributed by atoms with Gasteiger partial charge < -0.3 is 10.0 Å². The van der Waals surface area contributed by atoms with Crippen LogP contribution in [0.1, 0.15) is 19.9 Å². The minimum absolute atomic E-state index is 0.0559. The van der Waals surface area contributed by atoms with Crippen LogP contribution in [0.3, 0.4) is 0 Å². The molecule has 1 N–H and O–H groups in total. The van der Waals surface area contributed by atoms with E-state index in [4.69, 9.17) is 5.11 Å². The molecule has 5 nitrogen and oxygen atoms in total. The largest absolute Gasteiger partial charge is 0.392 e. The van der Waals surface area contributed by atoms with E-state index in [9.17, 15) is 4.79 Å². The number of hydrogen-bond donors (Lipinski definition) is 1. The maximum Gasteiger partial charge on any atom is 0.246 e. The Kier molecular flexibility index (Phi) is 3.85. The van der Waals surface area contributed by atoms with Gasteiger partial charge in [-0.15, -0.1) is 0 Å². The van der Waals surface area contributed by atoms with Gasteiger partial charge in [0, 0.05) is 26.0 Å². The molecule has 0 spiro atoms. The number of hydrogen-bond acceptors (Lipinski definition) is 3. The first-order valence-corrected chi connectivity index (χ1v) is 4.94. The molecule has 0 aromatic carbocycles. The van der Waals surface area contributed by atoms with Gasteiger partial charge in [-0.3, -0.25) is 9.48 Å². The van der Waals surface area contributed by atoms with Crippen molar-refractivity contribution in [1.29, 1.82) is 0 Å². The molecule has 2 unspecified atom stereocenters. The zero-order chi connectivity index (χ0) is 11.4. The number of amides is 1. The molecule has 5 heteroatoms. The summed E-state index contributed by atoms with van der Waals surface area (Å²) in [5.41, 5.74) is 0. The first kappa shape index (κ1) is 11.7. The molecule has 0 aliphatic heterocycles. The van der Waals surface area contributed by atoms with E-state index < -0.39 is 6.10 Å². The van der Waals surface area contributed by atoms with Gasteiger partial charge in [0.05, 0.1) is 6.10 Å². The van der Waals surface area contributed by atoms with Crippen molar-refractivity contribution >= 4 is 5.91 Å². The van der Waals surface area contributed by atoms with Gasteiger partial charge in [0.1, 0.15) is 6.04 Å². The number of nitrogens with zero attached hydrogens (tertiary/aromatic N) is 3. The van der Waals surface area contributed by atoms with E-state index in [0.29, 0.717) is 6.54 Å². The van der Waals surface area contributed by atoms with E-state index in [0.717, 1.165) is 0 Å². The van der Waals surface area contributed by atoms with Gasteiger partial charge in [-0.2, -0.15) is 5.10 Å². The number of aliphatic hydroxyl groups excluding tert-OH is 1. The highest BCUT2D eigenvalue weighted by atomic mass is 16.3. The van der Waals surface area contributed by atoms with E-state index in [1.165, 1.54) is 4.90 Å². The predicted molar refractivity (Wildman–Crippen MR) is 56.3 cm³/mol. The zero-order valence-corrected chi connectivity index (χ0v) is 9.29. The minimum atomic E-state index is -0.510. The topological polar surface area (TPSA) is 58.4 Å². The Morgan fingerprint density at radius 3 is 2.73 bits per heavy atom. The van der Waals surface area contributed by atoms with E-state index in [-0.39, 0.29) is 11.9 Å². The van der Waals surface area contributed by atoms with Crippen LogP contribution in [0.4, 0.5) is 0 Å². The average Bonchev–Trinajstić information content (AvgIpc) is 2.67. The van der Waals surface area contributed by atoms with Gasteiger partial charge in [0.2, 0.25) is 5.91 Å². The van der Waals surface area contributed by atoms with Crippen LogP contribution in [-0.4, -0.2) is 45.4 Å². The van der Waals surface area contributed by atoms with Crippen LogP contribution >= 0.6 is 0 Å². The Balaban J connectivity index is 2.60. The smallest absolute Gasteiger partial charge is 0.246 e. The standard InChI is InChI=1S/C10H17N3O2/c1-8(14)7-12(3)10(15)9(2)13-6-4-5-11-13/h4-6,8-9,14H,7H2,1-3H3. The van der Waals surface area contributed by atoms with E-state index >= 15 is 0 Å². The fourth-order valence-electron chi connectivity index (χ4n) is 1.43. The Hall–Kier alpha value is -1.36. The molecule has 0 radical (unpaired) electrons. The van der Waals surface area contributed by atoms with Gasteiger partial charge in [0.15, 0.2) is 0 Å². The molecule has 0 aliphatic carbocycles. The fourth-order valence-corrected chi connectivity index (χ4v) is 1.43. The maximum absolute atomic E-state index is 11.8. The molecule has 1 aromatic heterocycles. The van der Waals surface area contributed by atoms with Crippen molar-refractivity contribution in [3.05, 3.63) is 18.5 Å². The molecular formula is C10H17N3O2. The van der Waals surface area contributed by atoms with Crippen LogP contribution in [-0.2, 0) is 4.79 Å². The lowest BCUT2D eigenvalue weighted by atomic mass is 10.3. The van der Waals surface area contributed by atoms with Crippen LogP contribution < -0.4 is 0 Å². The van der Waals surface area contributed by atoms with E-state index in [2.05, 4.69) is 5.10 Å². The second-order valence-electron chi connectivity index (χ2n) is 3.73. The van der Waals surface area contributed by atoms with E-state index in [1.54, 1.807) is 44.0 Å². The van der Waals surface area contributed by atoms with Gasteiger partial charge in [-0.1, -0.05) is 0 Å². The maximum atomic E-state index is 11.8. The summed E-state index contributed by atoms with van der Waals surface area (Å²) in [5.74, 6) is -0.0559. The van der Waals surface area contributed by atoms with Gasteiger partial charge in [-0.05, 0) is 19.9 Å². The molecule has 1 rings (SSSR count). The number of likely N-dealkylation sites (N-methyl/N-ethyl adjacent to an activating group) is 1. The van der Waals surface area contributed by atoms with Crippen LogP contribution in [0.25, 0.3) is 0 Å². The first-order valence-electron chi connectivity index (χ1n) is 4.94. The fraction of sp³-hybridized carbons (Fsp3) is 0.600. The van der Waals surface area contributed by atoms with Crippen molar-refractivity contribution < 1.29 is 9.90 Å². The summed E-state index contributed by atoms with van der Waals surface area (Å²) in [5, 5.41) is 13.2. The molecule has 2 atom stereocenters. The lowest BCUT2D eigenvalue weighted by Gasteiger charge is -2.22. The minimum Gasteiger partial charge on any atom is -0.392 e. The Morgan fingerprint density at radius 2 is 2.27 bits per heavy atom. The van der Waals surface area contributed by atoms with Crippen LogP contribution in [0.2, 0.25) is 0 Å². The summed E-state index contributed by atoms with van der Waals surface area (Å²) in [6.07, 6.45) is 2.88. The molecule has 84 valence electrons. The molecule has 1 amide bonds. The summed E-state index contributed by atoms with van der Waals surface area (Å²) < 4.78 is 1.60. The van der Waals surface area contributed by atoms with Crippen LogP contribution in [0.5, 0.6) is 0 Å². The number of aromatic nitrogens is 2. The molecule has 0 saturated carbocycles. The van der Waals surface area contributed by atoms with Crippen molar-refractivity contribution in [3.63, 3.8) is 0 Å². The molecule has 0 fully saturated rings. The van der Waals surface area contributed by atoms with E-state index in [1.807, 2.05) is 0 Å². The van der Waals surface area contributed by atoms with Gasteiger partial charge in [0.25, 0.3) is 0 Å².